The van der Waals surface area contributed by atoms with E-state index in [9.17, 15) is 19.5 Å². The molecule has 3 amide bonds. The molecule has 1 aliphatic rings. The van der Waals surface area contributed by atoms with Gasteiger partial charge in [0.15, 0.2) is 0 Å². The number of alkyl carbamates (subject to hydrolysis) is 1. The maximum absolute atomic E-state index is 13.8. The maximum atomic E-state index is 13.8. The van der Waals surface area contributed by atoms with Gasteiger partial charge in [-0.05, 0) is 57.2 Å². The number of nitrogens with zero attached hydrogens (tertiary/aromatic N) is 1. The minimum atomic E-state index is -1.000. The summed E-state index contributed by atoms with van der Waals surface area (Å²) in [5.41, 5.74) is 0.487. The van der Waals surface area contributed by atoms with Crippen molar-refractivity contribution in [2.24, 2.45) is 5.92 Å². The van der Waals surface area contributed by atoms with Gasteiger partial charge in [-0.15, -0.1) is 6.42 Å². The number of amides is 3. The van der Waals surface area contributed by atoms with Gasteiger partial charge >= 0.3 is 6.09 Å². The number of carbonyl (C=O) groups excluding carboxylic acids is 3. The summed E-state index contributed by atoms with van der Waals surface area (Å²) in [5, 5.41) is 15.6. The molecule has 0 bridgehead atoms. The number of ether oxygens (including phenoxy) is 1. The Balaban J connectivity index is 2.42. The van der Waals surface area contributed by atoms with Crippen LogP contribution in [0.5, 0.6) is 0 Å². The van der Waals surface area contributed by atoms with Crippen LogP contribution in [0.25, 0.3) is 0 Å². The SMILES string of the molecule is C#Cc1ccc(C(C(=O)NC2CCCCC2)N(CCO)C(=O)C(NC(=O)OC(C)(C)C)C(C)C)cc1. The van der Waals surface area contributed by atoms with E-state index in [1.807, 2.05) is 0 Å². The zero-order valence-electron chi connectivity index (χ0n) is 22.2. The number of terminal acetylenes is 1. The standard InChI is InChI=1S/C28H41N3O5/c1-7-20-13-15-21(16-14-20)24(25(33)29-22-11-9-8-10-12-22)31(17-18-32)26(34)23(19(2)3)30-27(35)36-28(4,5)6/h1,13-16,19,22-24,32H,8-12,17-18H2,2-6H3,(H,29,33)(H,30,35). The largest absolute Gasteiger partial charge is 0.444 e. The van der Waals surface area contributed by atoms with E-state index in [1.165, 1.54) is 4.90 Å². The van der Waals surface area contributed by atoms with Gasteiger partial charge in [0.25, 0.3) is 0 Å². The highest BCUT2D eigenvalue weighted by molar-refractivity contribution is 5.92. The van der Waals surface area contributed by atoms with Crippen molar-refractivity contribution < 1.29 is 24.2 Å². The van der Waals surface area contributed by atoms with Crippen LogP contribution in [0.3, 0.4) is 0 Å². The quantitative estimate of drug-likeness (QED) is 0.451. The number of aliphatic hydroxyl groups is 1. The molecule has 1 aromatic rings. The van der Waals surface area contributed by atoms with E-state index in [4.69, 9.17) is 11.2 Å². The normalized spacial score (nSPS) is 15.9. The van der Waals surface area contributed by atoms with Crippen LogP contribution in [0, 0.1) is 18.3 Å². The summed E-state index contributed by atoms with van der Waals surface area (Å²) < 4.78 is 5.36. The predicted molar refractivity (Wildman–Crippen MR) is 139 cm³/mol. The van der Waals surface area contributed by atoms with E-state index < -0.39 is 29.7 Å². The Hall–Kier alpha value is -3.05. The average molecular weight is 500 g/mol. The van der Waals surface area contributed by atoms with Crippen LogP contribution >= 0.6 is 0 Å². The first-order chi connectivity index (χ1) is 17.0. The molecule has 0 spiro atoms. The van der Waals surface area contributed by atoms with Gasteiger partial charge in [-0.1, -0.05) is 51.2 Å². The van der Waals surface area contributed by atoms with Crippen LogP contribution in [0.4, 0.5) is 4.79 Å². The van der Waals surface area contributed by atoms with E-state index in [0.717, 1.165) is 32.1 Å². The van der Waals surface area contributed by atoms with Gasteiger partial charge in [-0.2, -0.15) is 0 Å². The van der Waals surface area contributed by atoms with Gasteiger partial charge in [-0.25, -0.2) is 4.79 Å². The Morgan fingerprint density at radius 1 is 1.14 bits per heavy atom. The third kappa shape index (κ3) is 8.56. The maximum Gasteiger partial charge on any atom is 0.408 e. The molecule has 198 valence electrons. The first kappa shape index (κ1) is 29.2. The molecule has 1 aromatic carbocycles. The summed E-state index contributed by atoms with van der Waals surface area (Å²) in [6.45, 7) is 8.38. The molecule has 0 aliphatic heterocycles. The van der Waals surface area contributed by atoms with Crippen molar-refractivity contribution in [3.8, 4) is 12.3 Å². The van der Waals surface area contributed by atoms with Crippen LogP contribution in [0.1, 0.15) is 83.9 Å². The third-order valence-corrected chi connectivity index (χ3v) is 6.13. The van der Waals surface area contributed by atoms with Crippen molar-refractivity contribution in [3.63, 3.8) is 0 Å². The van der Waals surface area contributed by atoms with E-state index >= 15 is 0 Å². The lowest BCUT2D eigenvalue weighted by atomic mass is 9.94. The Kier molecular flexibility index (Phi) is 10.8. The van der Waals surface area contributed by atoms with Crippen LogP contribution < -0.4 is 10.6 Å². The number of benzene rings is 1. The van der Waals surface area contributed by atoms with Gasteiger partial charge in [0.1, 0.15) is 17.7 Å². The topological polar surface area (TPSA) is 108 Å². The molecule has 2 atom stereocenters. The van der Waals surface area contributed by atoms with Crippen LogP contribution in [-0.4, -0.2) is 58.8 Å². The monoisotopic (exact) mass is 499 g/mol. The summed E-state index contributed by atoms with van der Waals surface area (Å²) in [4.78, 5) is 41.3. The molecular formula is C28H41N3O5. The fourth-order valence-electron chi connectivity index (χ4n) is 4.36. The Bertz CT molecular complexity index is 924. The molecule has 8 heteroatoms. The van der Waals surface area contributed by atoms with Crippen molar-refractivity contribution in [1.29, 1.82) is 0 Å². The molecular weight excluding hydrogens is 458 g/mol. The highest BCUT2D eigenvalue weighted by Crippen LogP contribution is 2.26. The minimum Gasteiger partial charge on any atom is -0.444 e. The van der Waals surface area contributed by atoms with Crippen molar-refractivity contribution in [1.82, 2.24) is 15.5 Å². The molecule has 1 saturated carbocycles. The summed E-state index contributed by atoms with van der Waals surface area (Å²) in [7, 11) is 0. The van der Waals surface area contributed by atoms with Crippen LogP contribution in [0.2, 0.25) is 0 Å². The highest BCUT2D eigenvalue weighted by Gasteiger charge is 2.38. The third-order valence-electron chi connectivity index (χ3n) is 6.13. The average Bonchev–Trinajstić information content (AvgIpc) is 2.81. The molecule has 3 N–H and O–H groups in total. The Labute approximate surface area is 215 Å². The summed E-state index contributed by atoms with van der Waals surface area (Å²) in [6.07, 6.45) is 9.78. The molecule has 0 radical (unpaired) electrons. The first-order valence-corrected chi connectivity index (χ1v) is 12.7. The second kappa shape index (κ2) is 13.3. The molecule has 0 heterocycles. The number of nitrogens with one attached hydrogen (secondary N) is 2. The molecule has 36 heavy (non-hydrogen) atoms. The van der Waals surface area contributed by atoms with Gasteiger partial charge in [0.2, 0.25) is 11.8 Å². The van der Waals surface area contributed by atoms with Crippen LogP contribution in [-0.2, 0) is 14.3 Å². The number of aliphatic hydroxyl groups excluding tert-OH is 1. The fourth-order valence-corrected chi connectivity index (χ4v) is 4.36. The second-order valence-corrected chi connectivity index (χ2v) is 10.6. The fraction of sp³-hybridized carbons (Fsp3) is 0.607. The Morgan fingerprint density at radius 2 is 1.75 bits per heavy atom. The molecule has 8 nitrogen and oxygen atoms in total. The number of carbonyl (C=O) groups is 3. The predicted octanol–water partition coefficient (Wildman–Crippen LogP) is 3.53. The second-order valence-electron chi connectivity index (χ2n) is 10.6. The minimum absolute atomic E-state index is 0.0330. The van der Waals surface area contributed by atoms with Gasteiger partial charge in [-0.3, -0.25) is 9.59 Å². The van der Waals surface area contributed by atoms with Gasteiger partial charge in [0.05, 0.1) is 6.61 Å². The molecule has 2 rings (SSSR count). The lowest BCUT2D eigenvalue weighted by Crippen LogP contribution is -2.56. The molecule has 1 aliphatic carbocycles. The van der Waals surface area contributed by atoms with Crippen molar-refractivity contribution >= 4 is 17.9 Å². The number of hydrogen-bond donors (Lipinski definition) is 3. The van der Waals surface area contributed by atoms with Crippen molar-refractivity contribution in [3.05, 3.63) is 35.4 Å². The van der Waals surface area contributed by atoms with Crippen molar-refractivity contribution in [2.75, 3.05) is 13.2 Å². The summed E-state index contributed by atoms with van der Waals surface area (Å²) in [5.74, 6) is 1.46. The van der Waals surface area contributed by atoms with Gasteiger partial charge in [0, 0.05) is 18.2 Å². The lowest BCUT2D eigenvalue weighted by Gasteiger charge is -2.36. The zero-order valence-corrected chi connectivity index (χ0v) is 22.2. The van der Waals surface area contributed by atoms with Crippen molar-refractivity contribution in [2.45, 2.75) is 90.4 Å². The summed E-state index contributed by atoms with van der Waals surface area (Å²) in [6, 6.07) is 4.97. The lowest BCUT2D eigenvalue weighted by molar-refractivity contribution is -0.144. The van der Waals surface area contributed by atoms with Gasteiger partial charge < -0.3 is 25.4 Å². The molecule has 0 saturated heterocycles. The number of rotatable bonds is 9. The van der Waals surface area contributed by atoms with Crippen LogP contribution in [0.15, 0.2) is 24.3 Å². The molecule has 1 fully saturated rings. The Morgan fingerprint density at radius 3 is 2.25 bits per heavy atom. The van der Waals surface area contributed by atoms with E-state index in [2.05, 4.69) is 16.6 Å². The zero-order chi connectivity index (χ0) is 26.9. The molecule has 2 unspecified atom stereocenters. The smallest absolute Gasteiger partial charge is 0.408 e. The number of hydrogen-bond acceptors (Lipinski definition) is 5. The summed E-state index contributed by atoms with van der Waals surface area (Å²) >= 11 is 0. The van der Waals surface area contributed by atoms with E-state index in [0.29, 0.717) is 11.1 Å². The van der Waals surface area contributed by atoms with E-state index in [1.54, 1.807) is 58.9 Å². The highest BCUT2D eigenvalue weighted by atomic mass is 16.6. The first-order valence-electron chi connectivity index (χ1n) is 12.7. The van der Waals surface area contributed by atoms with E-state index in [-0.39, 0.29) is 31.0 Å². The molecule has 0 aromatic heterocycles.